The van der Waals surface area contributed by atoms with Crippen LogP contribution in [-0.2, 0) is 0 Å². The minimum Gasteiger partial charge on any atom is -0.496 e. The topological polar surface area (TPSA) is 9.23 Å². The summed E-state index contributed by atoms with van der Waals surface area (Å²) in [6, 6.07) is 6.30. The average molecular weight is 378 g/mol. The van der Waals surface area contributed by atoms with Crippen LogP contribution in [-0.4, -0.2) is 7.11 Å². The molecule has 0 fully saturated rings. The number of benzene rings is 1. The third kappa shape index (κ3) is 5.31. The van der Waals surface area contributed by atoms with E-state index in [2.05, 4.69) is 50.9 Å². The molecule has 1 nitrogen and oxygen atoms in total. The summed E-state index contributed by atoms with van der Waals surface area (Å²) < 4.78 is 6.27. The number of rotatable bonds is 8. The molecule has 1 unspecified atom stereocenters. The van der Waals surface area contributed by atoms with E-state index in [1.807, 2.05) is 6.07 Å². The SMILES string of the molecule is CCCCCCCC(Br)c1ccc(OC)c(Br)c1. The predicted octanol–water partition coefficient (Wildman–Crippen LogP) is 6.25. The van der Waals surface area contributed by atoms with E-state index < -0.39 is 0 Å². The summed E-state index contributed by atoms with van der Waals surface area (Å²) in [5.74, 6) is 0.890. The van der Waals surface area contributed by atoms with Crippen LogP contribution < -0.4 is 4.74 Å². The van der Waals surface area contributed by atoms with E-state index in [-0.39, 0.29) is 0 Å². The van der Waals surface area contributed by atoms with Gasteiger partial charge in [-0.05, 0) is 40.0 Å². The lowest BCUT2D eigenvalue weighted by atomic mass is 10.0. The van der Waals surface area contributed by atoms with Crippen LogP contribution in [0.4, 0.5) is 0 Å². The van der Waals surface area contributed by atoms with Gasteiger partial charge >= 0.3 is 0 Å². The van der Waals surface area contributed by atoms with Crippen LogP contribution >= 0.6 is 31.9 Å². The second-order valence-electron chi connectivity index (χ2n) is 4.56. The fourth-order valence-electron chi connectivity index (χ4n) is 1.97. The molecule has 1 atom stereocenters. The van der Waals surface area contributed by atoms with Crippen LogP contribution in [0.15, 0.2) is 22.7 Å². The lowest BCUT2D eigenvalue weighted by molar-refractivity contribution is 0.412. The zero-order valence-corrected chi connectivity index (χ0v) is 14.4. The van der Waals surface area contributed by atoms with E-state index in [0.29, 0.717) is 4.83 Å². The van der Waals surface area contributed by atoms with Crippen molar-refractivity contribution in [3.8, 4) is 5.75 Å². The Balaban J connectivity index is 2.41. The molecule has 0 heterocycles. The van der Waals surface area contributed by atoms with E-state index in [4.69, 9.17) is 4.74 Å². The molecule has 102 valence electrons. The van der Waals surface area contributed by atoms with Crippen molar-refractivity contribution in [2.24, 2.45) is 0 Å². The molecule has 0 spiro atoms. The summed E-state index contributed by atoms with van der Waals surface area (Å²) in [6.45, 7) is 2.25. The van der Waals surface area contributed by atoms with Gasteiger partial charge in [0.05, 0.1) is 11.6 Å². The quantitative estimate of drug-likeness (QED) is 0.384. The summed E-state index contributed by atoms with van der Waals surface area (Å²) in [5.41, 5.74) is 1.32. The molecule has 0 aliphatic carbocycles. The van der Waals surface area contributed by atoms with Crippen molar-refractivity contribution in [3.63, 3.8) is 0 Å². The van der Waals surface area contributed by atoms with Gasteiger partial charge in [-0.25, -0.2) is 0 Å². The average Bonchev–Trinajstić information content (AvgIpc) is 2.38. The lowest BCUT2D eigenvalue weighted by Gasteiger charge is -2.12. The monoisotopic (exact) mass is 376 g/mol. The first-order chi connectivity index (χ1) is 8.69. The highest BCUT2D eigenvalue weighted by Gasteiger charge is 2.09. The van der Waals surface area contributed by atoms with Crippen molar-refractivity contribution in [1.29, 1.82) is 0 Å². The first kappa shape index (κ1) is 16.0. The van der Waals surface area contributed by atoms with Crippen molar-refractivity contribution in [3.05, 3.63) is 28.2 Å². The van der Waals surface area contributed by atoms with E-state index in [1.54, 1.807) is 7.11 Å². The third-order valence-corrected chi connectivity index (χ3v) is 4.70. The zero-order chi connectivity index (χ0) is 13.4. The van der Waals surface area contributed by atoms with Crippen LogP contribution in [0.1, 0.15) is 55.8 Å². The molecule has 0 aromatic heterocycles. The van der Waals surface area contributed by atoms with Gasteiger partial charge in [-0.15, -0.1) is 0 Å². The third-order valence-electron chi connectivity index (χ3n) is 3.10. The number of hydrogen-bond acceptors (Lipinski definition) is 1. The van der Waals surface area contributed by atoms with Gasteiger partial charge in [-0.3, -0.25) is 0 Å². The van der Waals surface area contributed by atoms with Gasteiger partial charge in [0, 0.05) is 4.83 Å². The molecular formula is C15H22Br2O. The van der Waals surface area contributed by atoms with Gasteiger partial charge in [-0.2, -0.15) is 0 Å². The number of methoxy groups -OCH3 is 1. The highest BCUT2D eigenvalue weighted by molar-refractivity contribution is 9.10. The molecule has 18 heavy (non-hydrogen) atoms. The van der Waals surface area contributed by atoms with Crippen molar-refractivity contribution in [1.82, 2.24) is 0 Å². The maximum absolute atomic E-state index is 5.24. The minimum absolute atomic E-state index is 0.446. The Morgan fingerprint density at radius 1 is 1.17 bits per heavy atom. The maximum Gasteiger partial charge on any atom is 0.133 e. The molecule has 0 amide bonds. The summed E-state index contributed by atoms with van der Waals surface area (Å²) in [4.78, 5) is 0.446. The second-order valence-corrected chi connectivity index (χ2v) is 6.52. The second kappa shape index (κ2) is 8.98. The zero-order valence-electron chi connectivity index (χ0n) is 11.2. The fourth-order valence-corrected chi connectivity index (χ4v) is 3.14. The Kier molecular flexibility index (Phi) is 8.00. The van der Waals surface area contributed by atoms with Crippen LogP contribution in [0.2, 0.25) is 0 Å². The summed E-state index contributed by atoms with van der Waals surface area (Å²) >= 11 is 7.31. The van der Waals surface area contributed by atoms with E-state index in [1.165, 1.54) is 44.1 Å². The van der Waals surface area contributed by atoms with Crippen LogP contribution in [0.25, 0.3) is 0 Å². The standard InChI is InChI=1S/C15H22Br2O/c1-3-4-5-6-7-8-13(16)12-9-10-15(18-2)14(17)11-12/h9-11,13H,3-8H2,1-2H3. The fraction of sp³-hybridized carbons (Fsp3) is 0.600. The Morgan fingerprint density at radius 2 is 1.89 bits per heavy atom. The van der Waals surface area contributed by atoms with Gasteiger partial charge in [0.1, 0.15) is 5.75 Å². The summed E-state index contributed by atoms with van der Waals surface area (Å²) in [6.07, 6.45) is 7.86. The largest absolute Gasteiger partial charge is 0.496 e. The molecule has 1 rings (SSSR count). The van der Waals surface area contributed by atoms with Gasteiger partial charge in [0.2, 0.25) is 0 Å². The van der Waals surface area contributed by atoms with Crippen molar-refractivity contribution < 1.29 is 4.74 Å². The Bertz CT molecular complexity index is 352. The Hall–Kier alpha value is -0.0200. The molecule has 3 heteroatoms. The number of ether oxygens (including phenoxy) is 1. The molecule has 1 aromatic carbocycles. The number of halogens is 2. The normalized spacial score (nSPS) is 12.4. The first-order valence-corrected chi connectivity index (χ1v) is 8.37. The van der Waals surface area contributed by atoms with Crippen LogP contribution in [0, 0.1) is 0 Å². The summed E-state index contributed by atoms with van der Waals surface area (Å²) in [7, 11) is 1.69. The number of unbranched alkanes of at least 4 members (excludes halogenated alkanes) is 4. The van der Waals surface area contributed by atoms with E-state index >= 15 is 0 Å². The first-order valence-electron chi connectivity index (χ1n) is 6.66. The predicted molar refractivity (Wildman–Crippen MR) is 85.7 cm³/mol. The van der Waals surface area contributed by atoms with E-state index in [9.17, 15) is 0 Å². The molecule has 0 bridgehead atoms. The van der Waals surface area contributed by atoms with Gasteiger partial charge < -0.3 is 4.74 Å². The molecule has 0 radical (unpaired) electrons. The molecule has 0 saturated carbocycles. The Labute approximate surface area is 128 Å². The molecular weight excluding hydrogens is 356 g/mol. The van der Waals surface area contributed by atoms with Gasteiger partial charge in [0.15, 0.2) is 0 Å². The van der Waals surface area contributed by atoms with Crippen LogP contribution in [0.5, 0.6) is 5.75 Å². The lowest BCUT2D eigenvalue weighted by Crippen LogP contribution is -1.92. The highest BCUT2D eigenvalue weighted by Crippen LogP contribution is 2.34. The van der Waals surface area contributed by atoms with Gasteiger partial charge in [0.25, 0.3) is 0 Å². The van der Waals surface area contributed by atoms with Crippen molar-refractivity contribution >= 4 is 31.9 Å². The molecule has 0 saturated heterocycles. The summed E-state index contributed by atoms with van der Waals surface area (Å²) in [5, 5.41) is 0. The number of alkyl halides is 1. The van der Waals surface area contributed by atoms with Crippen molar-refractivity contribution in [2.45, 2.75) is 50.3 Å². The Morgan fingerprint density at radius 3 is 2.50 bits per heavy atom. The molecule has 0 aliphatic rings. The van der Waals surface area contributed by atoms with E-state index in [0.717, 1.165) is 10.2 Å². The molecule has 0 aliphatic heterocycles. The maximum atomic E-state index is 5.24. The number of hydrogen-bond donors (Lipinski definition) is 0. The smallest absolute Gasteiger partial charge is 0.133 e. The van der Waals surface area contributed by atoms with Crippen LogP contribution in [0.3, 0.4) is 0 Å². The minimum atomic E-state index is 0.446. The van der Waals surface area contributed by atoms with Gasteiger partial charge in [-0.1, -0.05) is 61.0 Å². The molecule has 1 aromatic rings. The van der Waals surface area contributed by atoms with Crippen molar-refractivity contribution in [2.75, 3.05) is 7.11 Å². The highest BCUT2D eigenvalue weighted by atomic mass is 79.9. The molecule has 0 N–H and O–H groups in total.